The molecule has 1 aromatic rings. The Bertz CT molecular complexity index is 419. The molecule has 1 heterocycles. The highest BCUT2D eigenvalue weighted by molar-refractivity contribution is 5.82. The van der Waals surface area contributed by atoms with E-state index in [-0.39, 0.29) is 5.92 Å². The second-order valence-electron chi connectivity index (χ2n) is 4.72. The number of amides is 2. The van der Waals surface area contributed by atoms with Crippen LogP contribution >= 0.6 is 0 Å². The van der Waals surface area contributed by atoms with Gasteiger partial charge in [-0.2, -0.15) is 5.10 Å². The van der Waals surface area contributed by atoms with Gasteiger partial charge in [0.2, 0.25) is 0 Å². The van der Waals surface area contributed by atoms with E-state index in [0.29, 0.717) is 19.5 Å². The van der Waals surface area contributed by atoms with Gasteiger partial charge in [-0.05, 0) is 18.4 Å². The fraction of sp³-hybridized carbons (Fsp3) is 0.615. The summed E-state index contributed by atoms with van der Waals surface area (Å²) in [6.45, 7) is 4.88. The lowest BCUT2D eigenvalue weighted by Crippen LogP contribution is -2.49. The molecule has 0 saturated carbocycles. The van der Waals surface area contributed by atoms with Crippen molar-refractivity contribution in [2.75, 3.05) is 6.54 Å². The number of carboxylic acid groups (broad SMARTS) is 1. The number of carbonyl (C=O) groups is 2. The Kier molecular flexibility index (Phi) is 6.55. The van der Waals surface area contributed by atoms with Crippen LogP contribution in [-0.4, -0.2) is 39.5 Å². The quantitative estimate of drug-likeness (QED) is 0.621. The minimum absolute atomic E-state index is 0.109. The SMILES string of the molecule is CC[C@H](C)[C@H](NC(=O)NCCCn1cccn1)C(=O)O. The number of carbonyl (C=O) groups excluding carboxylic acids is 1. The van der Waals surface area contributed by atoms with Gasteiger partial charge in [-0.15, -0.1) is 0 Å². The smallest absolute Gasteiger partial charge is 0.326 e. The van der Waals surface area contributed by atoms with E-state index in [1.165, 1.54) is 0 Å². The summed E-state index contributed by atoms with van der Waals surface area (Å²) >= 11 is 0. The van der Waals surface area contributed by atoms with Crippen LogP contribution in [0, 0.1) is 5.92 Å². The highest BCUT2D eigenvalue weighted by Gasteiger charge is 2.24. The van der Waals surface area contributed by atoms with Crippen LogP contribution in [-0.2, 0) is 11.3 Å². The number of urea groups is 1. The van der Waals surface area contributed by atoms with Gasteiger partial charge >= 0.3 is 12.0 Å². The van der Waals surface area contributed by atoms with E-state index in [1.807, 2.05) is 19.2 Å². The molecule has 0 radical (unpaired) electrons. The molecule has 112 valence electrons. The van der Waals surface area contributed by atoms with Gasteiger partial charge in [-0.25, -0.2) is 9.59 Å². The number of aromatic nitrogens is 2. The van der Waals surface area contributed by atoms with Gasteiger partial charge in [0, 0.05) is 25.5 Å². The van der Waals surface area contributed by atoms with E-state index >= 15 is 0 Å². The van der Waals surface area contributed by atoms with Gasteiger partial charge in [0.05, 0.1) is 0 Å². The van der Waals surface area contributed by atoms with Gasteiger partial charge in [-0.1, -0.05) is 20.3 Å². The van der Waals surface area contributed by atoms with Gasteiger partial charge in [0.1, 0.15) is 6.04 Å². The minimum Gasteiger partial charge on any atom is -0.480 e. The standard InChI is InChI=1S/C13H22N4O3/c1-3-10(2)11(12(18)19)16-13(20)14-6-4-8-17-9-5-7-15-17/h5,7,9-11H,3-4,6,8H2,1-2H3,(H,18,19)(H2,14,16,20)/t10-,11-/m0/s1. The van der Waals surface area contributed by atoms with Crippen molar-refractivity contribution in [2.45, 2.75) is 39.3 Å². The van der Waals surface area contributed by atoms with Gasteiger partial charge in [0.25, 0.3) is 0 Å². The molecule has 7 heteroatoms. The third kappa shape index (κ3) is 5.29. The second kappa shape index (κ2) is 8.19. The normalized spacial score (nSPS) is 13.5. The topological polar surface area (TPSA) is 96.3 Å². The number of aliphatic carboxylic acids is 1. The lowest BCUT2D eigenvalue weighted by atomic mass is 9.99. The molecule has 0 unspecified atom stereocenters. The van der Waals surface area contributed by atoms with Crippen LogP contribution in [0.2, 0.25) is 0 Å². The molecule has 7 nitrogen and oxygen atoms in total. The predicted octanol–water partition coefficient (Wildman–Crippen LogP) is 1.07. The first-order chi connectivity index (χ1) is 9.54. The molecule has 0 spiro atoms. The first-order valence-electron chi connectivity index (χ1n) is 6.79. The number of nitrogens with one attached hydrogen (secondary N) is 2. The van der Waals surface area contributed by atoms with Crippen molar-refractivity contribution in [1.29, 1.82) is 0 Å². The van der Waals surface area contributed by atoms with Crippen molar-refractivity contribution >= 4 is 12.0 Å². The van der Waals surface area contributed by atoms with E-state index in [1.54, 1.807) is 17.8 Å². The Hall–Kier alpha value is -2.05. The van der Waals surface area contributed by atoms with Crippen molar-refractivity contribution in [3.63, 3.8) is 0 Å². The second-order valence-corrected chi connectivity index (χ2v) is 4.72. The van der Waals surface area contributed by atoms with Crippen LogP contribution in [0.3, 0.4) is 0 Å². The number of aryl methyl sites for hydroxylation is 1. The molecule has 20 heavy (non-hydrogen) atoms. The lowest BCUT2D eigenvalue weighted by molar-refractivity contribution is -0.140. The van der Waals surface area contributed by atoms with Crippen molar-refractivity contribution in [2.24, 2.45) is 5.92 Å². The van der Waals surface area contributed by atoms with Gasteiger partial charge < -0.3 is 15.7 Å². The van der Waals surface area contributed by atoms with E-state index < -0.39 is 18.0 Å². The van der Waals surface area contributed by atoms with E-state index in [4.69, 9.17) is 5.11 Å². The van der Waals surface area contributed by atoms with Crippen molar-refractivity contribution in [1.82, 2.24) is 20.4 Å². The maximum absolute atomic E-state index is 11.6. The van der Waals surface area contributed by atoms with Gasteiger partial charge in [0.15, 0.2) is 0 Å². The number of hydrogen-bond donors (Lipinski definition) is 3. The first-order valence-corrected chi connectivity index (χ1v) is 6.79. The Balaban J connectivity index is 2.26. The highest BCUT2D eigenvalue weighted by Crippen LogP contribution is 2.07. The molecule has 0 bridgehead atoms. The van der Waals surface area contributed by atoms with Crippen molar-refractivity contribution in [3.8, 4) is 0 Å². The van der Waals surface area contributed by atoms with Crippen LogP contribution in [0.1, 0.15) is 26.7 Å². The molecule has 2 atom stereocenters. The van der Waals surface area contributed by atoms with Crippen LogP contribution < -0.4 is 10.6 Å². The summed E-state index contributed by atoms with van der Waals surface area (Å²) in [6.07, 6.45) is 4.97. The molecule has 0 saturated heterocycles. The van der Waals surface area contributed by atoms with Crippen LogP contribution in [0.15, 0.2) is 18.5 Å². The zero-order valence-corrected chi connectivity index (χ0v) is 11.9. The van der Waals surface area contributed by atoms with E-state index in [0.717, 1.165) is 6.42 Å². The molecule has 2 amide bonds. The number of carboxylic acids is 1. The summed E-state index contributed by atoms with van der Waals surface area (Å²) in [5.41, 5.74) is 0. The number of rotatable bonds is 8. The molecular formula is C13H22N4O3. The molecular weight excluding hydrogens is 260 g/mol. The van der Waals surface area contributed by atoms with Gasteiger partial charge in [-0.3, -0.25) is 4.68 Å². The van der Waals surface area contributed by atoms with E-state index in [9.17, 15) is 9.59 Å². The summed E-state index contributed by atoms with van der Waals surface area (Å²) in [5, 5.41) is 18.3. The Morgan fingerprint density at radius 1 is 1.45 bits per heavy atom. The summed E-state index contributed by atoms with van der Waals surface area (Å²) < 4.78 is 1.78. The third-order valence-corrected chi connectivity index (χ3v) is 3.17. The lowest BCUT2D eigenvalue weighted by Gasteiger charge is -2.20. The third-order valence-electron chi connectivity index (χ3n) is 3.17. The minimum atomic E-state index is -1.01. The maximum atomic E-state index is 11.6. The fourth-order valence-electron chi connectivity index (χ4n) is 1.75. The zero-order chi connectivity index (χ0) is 15.0. The van der Waals surface area contributed by atoms with E-state index in [2.05, 4.69) is 15.7 Å². The average molecular weight is 282 g/mol. The first kappa shape index (κ1) is 16.0. The number of hydrogen-bond acceptors (Lipinski definition) is 3. The Morgan fingerprint density at radius 2 is 2.20 bits per heavy atom. The van der Waals surface area contributed by atoms with Crippen LogP contribution in [0.25, 0.3) is 0 Å². The molecule has 0 aliphatic carbocycles. The molecule has 0 aromatic carbocycles. The molecule has 1 aromatic heterocycles. The van der Waals surface area contributed by atoms with Crippen LogP contribution in [0.4, 0.5) is 4.79 Å². The molecule has 0 fully saturated rings. The highest BCUT2D eigenvalue weighted by atomic mass is 16.4. The Labute approximate surface area is 118 Å². The largest absolute Gasteiger partial charge is 0.480 e. The summed E-state index contributed by atoms with van der Waals surface area (Å²) in [7, 11) is 0. The number of nitrogens with zero attached hydrogens (tertiary/aromatic N) is 2. The molecule has 3 N–H and O–H groups in total. The van der Waals surface area contributed by atoms with Crippen molar-refractivity contribution < 1.29 is 14.7 Å². The zero-order valence-electron chi connectivity index (χ0n) is 11.9. The summed E-state index contributed by atoms with van der Waals surface area (Å²) in [6, 6.07) is 0.535. The Morgan fingerprint density at radius 3 is 2.75 bits per heavy atom. The molecule has 1 rings (SSSR count). The fourth-order valence-corrected chi connectivity index (χ4v) is 1.75. The predicted molar refractivity (Wildman–Crippen MR) is 74.3 cm³/mol. The van der Waals surface area contributed by atoms with Crippen molar-refractivity contribution in [3.05, 3.63) is 18.5 Å². The average Bonchev–Trinajstić information content (AvgIpc) is 2.93. The van der Waals surface area contributed by atoms with Crippen LogP contribution in [0.5, 0.6) is 0 Å². The molecule has 0 aliphatic heterocycles. The summed E-state index contributed by atoms with van der Waals surface area (Å²) in [4.78, 5) is 22.7. The maximum Gasteiger partial charge on any atom is 0.326 e. The monoisotopic (exact) mass is 282 g/mol. The summed E-state index contributed by atoms with van der Waals surface area (Å²) in [5.74, 6) is -1.12. The molecule has 0 aliphatic rings.